The van der Waals surface area contributed by atoms with E-state index in [1.54, 1.807) is 17.8 Å². The van der Waals surface area contributed by atoms with Gasteiger partial charge in [0, 0.05) is 44.5 Å². The van der Waals surface area contributed by atoms with Crippen LogP contribution in [0.4, 0.5) is 11.8 Å². The van der Waals surface area contributed by atoms with Gasteiger partial charge >= 0.3 is 0 Å². The number of hydrogen-bond acceptors (Lipinski definition) is 6. The Hall–Kier alpha value is -2.64. The third-order valence-electron chi connectivity index (χ3n) is 3.68. The predicted octanol–water partition coefficient (Wildman–Crippen LogP) is 0.349. The smallest absolute Gasteiger partial charge is 0.224 e. The minimum absolute atomic E-state index is 0.0192. The number of amides is 1. The first-order chi connectivity index (χ1) is 10.6. The molecule has 2 aromatic rings. The topological polar surface area (TPSA) is 102 Å². The zero-order valence-electron chi connectivity index (χ0n) is 12.4. The molecule has 8 nitrogen and oxygen atoms in total. The normalized spacial score (nSPS) is 15.8. The molecule has 0 bridgehead atoms. The van der Waals surface area contributed by atoms with Crippen LogP contribution >= 0.6 is 0 Å². The Morgan fingerprint density at radius 1 is 1.32 bits per heavy atom. The van der Waals surface area contributed by atoms with Gasteiger partial charge in [-0.15, -0.1) is 0 Å². The Labute approximate surface area is 128 Å². The first-order valence-electron chi connectivity index (χ1n) is 7.28. The molecule has 2 aromatic heterocycles. The maximum absolute atomic E-state index is 11.1. The molecule has 3 heterocycles. The van der Waals surface area contributed by atoms with Crippen LogP contribution in [-0.4, -0.2) is 44.8 Å². The molecule has 1 aliphatic rings. The predicted molar refractivity (Wildman–Crippen MR) is 82.6 cm³/mol. The van der Waals surface area contributed by atoms with Gasteiger partial charge in [0.15, 0.2) is 5.82 Å². The summed E-state index contributed by atoms with van der Waals surface area (Å²) in [5.41, 5.74) is 5.82. The summed E-state index contributed by atoms with van der Waals surface area (Å²) in [6.07, 6.45) is 5.28. The Morgan fingerprint density at radius 3 is 2.68 bits per heavy atom. The van der Waals surface area contributed by atoms with E-state index in [9.17, 15) is 4.79 Å². The molecule has 1 fully saturated rings. The molecule has 0 radical (unpaired) electrons. The number of hydrogen-bond donors (Lipinski definition) is 2. The number of anilines is 2. The van der Waals surface area contributed by atoms with Crippen molar-refractivity contribution in [2.24, 2.45) is 0 Å². The summed E-state index contributed by atoms with van der Waals surface area (Å²) in [7, 11) is 0. The second-order valence-corrected chi connectivity index (χ2v) is 5.36. The highest BCUT2D eigenvalue weighted by molar-refractivity contribution is 5.73. The highest BCUT2D eigenvalue weighted by Gasteiger charge is 2.21. The van der Waals surface area contributed by atoms with Crippen molar-refractivity contribution in [1.82, 2.24) is 25.1 Å². The minimum atomic E-state index is 0.0192. The number of carbonyl (C=O) groups excluding carboxylic acids is 1. The molecule has 1 saturated heterocycles. The van der Waals surface area contributed by atoms with E-state index in [1.807, 2.05) is 18.3 Å². The quantitative estimate of drug-likeness (QED) is 0.848. The lowest BCUT2D eigenvalue weighted by atomic mass is 10.1. The van der Waals surface area contributed by atoms with Crippen LogP contribution in [0.2, 0.25) is 0 Å². The van der Waals surface area contributed by atoms with E-state index in [0.29, 0.717) is 5.82 Å². The van der Waals surface area contributed by atoms with Crippen molar-refractivity contribution in [3.8, 4) is 5.82 Å². The Kier molecular flexibility index (Phi) is 3.90. The van der Waals surface area contributed by atoms with E-state index in [0.717, 1.165) is 31.7 Å². The van der Waals surface area contributed by atoms with Crippen molar-refractivity contribution in [2.75, 3.05) is 23.7 Å². The van der Waals surface area contributed by atoms with Gasteiger partial charge in [0.05, 0.1) is 0 Å². The summed E-state index contributed by atoms with van der Waals surface area (Å²) < 4.78 is 1.66. The zero-order chi connectivity index (χ0) is 15.5. The number of nitrogens with two attached hydrogens (primary N) is 1. The molecule has 1 amide bonds. The van der Waals surface area contributed by atoms with Gasteiger partial charge in [-0.3, -0.25) is 4.79 Å². The number of piperidine rings is 1. The van der Waals surface area contributed by atoms with Crippen molar-refractivity contribution in [3.63, 3.8) is 0 Å². The molecular formula is C14H19N7O. The maximum atomic E-state index is 11.1. The van der Waals surface area contributed by atoms with E-state index in [-0.39, 0.29) is 17.9 Å². The standard InChI is InChI=1S/C14H19N7O/c1-10(22)17-11-3-7-20(8-4-11)12-9-13(19-14(15)18-12)21-6-2-5-16-21/h2,5-6,9,11H,3-4,7-8H2,1H3,(H,17,22)(H2,15,18,19). The molecule has 22 heavy (non-hydrogen) atoms. The number of rotatable bonds is 3. The van der Waals surface area contributed by atoms with Gasteiger partial charge in [0.2, 0.25) is 11.9 Å². The van der Waals surface area contributed by atoms with Crippen LogP contribution in [0.1, 0.15) is 19.8 Å². The molecule has 0 aromatic carbocycles. The number of aromatic nitrogens is 4. The van der Waals surface area contributed by atoms with Crippen LogP contribution in [0, 0.1) is 0 Å². The molecule has 8 heteroatoms. The molecule has 3 rings (SSSR count). The van der Waals surface area contributed by atoms with Crippen molar-refractivity contribution >= 4 is 17.7 Å². The summed E-state index contributed by atoms with van der Waals surface area (Å²) in [5, 5.41) is 7.13. The van der Waals surface area contributed by atoms with Crippen molar-refractivity contribution in [3.05, 3.63) is 24.5 Å². The van der Waals surface area contributed by atoms with Crippen LogP contribution < -0.4 is 16.0 Å². The molecule has 3 N–H and O–H groups in total. The van der Waals surface area contributed by atoms with Gasteiger partial charge in [-0.25, -0.2) is 4.68 Å². The van der Waals surface area contributed by atoms with Crippen molar-refractivity contribution < 1.29 is 4.79 Å². The van der Waals surface area contributed by atoms with Crippen LogP contribution in [0.3, 0.4) is 0 Å². The van der Waals surface area contributed by atoms with E-state index < -0.39 is 0 Å². The second-order valence-electron chi connectivity index (χ2n) is 5.36. The number of nitrogens with one attached hydrogen (secondary N) is 1. The van der Waals surface area contributed by atoms with E-state index in [4.69, 9.17) is 5.73 Å². The molecule has 0 saturated carbocycles. The lowest BCUT2D eigenvalue weighted by molar-refractivity contribution is -0.119. The largest absolute Gasteiger partial charge is 0.368 e. The number of carbonyl (C=O) groups is 1. The van der Waals surface area contributed by atoms with E-state index >= 15 is 0 Å². The number of nitrogen functional groups attached to an aromatic ring is 1. The van der Waals surface area contributed by atoms with E-state index in [2.05, 4.69) is 25.3 Å². The van der Waals surface area contributed by atoms with E-state index in [1.165, 1.54) is 0 Å². The first kappa shape index (κ1) is 14.3. The SMILES string of the molecule is CC(=O)NC1CCN(c2cc(-n3cccn3)nc(N)n2)CC1. The first-order valence-corrected chi connectivity index (χ1v) is 7.28. The third-order valence-corrected chi connectivity index (χ3v) is 3.68. The highest BCUT2D eigenvalue weighted by Crippen LogP contribution is 2.20. The minimum Gasteiger partial charge on any atom is -0.368 e. The van der Waals surface area contributed by atoms with Gasteiger partial charge in [0.1, 0.15) is 5.82 Å². The lowest BCUT2D eigenvalue weighted by Crippen LogP contribution is -2.44. The van der Waals surface area contributed by atoms with Gasteiger partial charge < -0.3 is 16.0 Å². The molecule has 1 aliphatic heterocycles. The molecular weight excluding hydrogens is 282 g/mol. The molecule has 0 atom stereocenters. The maximum Gasteiger partial charge on any atom is 0.224 e. The molecule has 116 valence electrons. The monoisotopic (exact) mass is 301 g/mol. The number of nitrogens with zero attached hydrogens (tertiary/aromatic N) is 5. The van der Waals surface area contributed by atoms with Crippen LogP contribution in [0.15, 0.2) is 24.5 Å². The Bertz CT molecular complexity index is 647. The van der Waals surface area contributed by atoms with Gasteiger partial charge in [-0.05, 0) is 18.9 Å². The average molecular weight is 301 g/mol. The fraction of sp³-hybridized carbons (Fsp3) is 0.429. The fourth-order valence-corrected chi connectivity index (χ4v) is 2.66. The molecule has 0 spiro atoms. The molecule has 0 unspecified atom stereocenters. The summed E-state index contributed by atoms with van der Waals surface area (Å²) >= 11 is 0. The second kappa shape index (κ2) is 6.00. The third kappa shape index (κ3) is 3.16. The van der Waals surface area contributed by atoms with Gasteiger partial charge in [0.25, 0.3) is 0 Å². The van der Waals surface area contributed by atoms with Gasteiger partial charge in [-0.2, -0.15) is 15.1 Å². The van der Waals surface area contributed by atoms with Crippen LogP contribution in [0.5, 0.6) is 0 Å². The fourth-order valence-electron chi connectivity index (χ4n) is 2.66. The van der Waals surface area contributed by atoms with Crippen LogP contribution in [0.25, 0.3) is 5.82 Å². The summed E-state index contributed by atoms with van der Waals surface area (Å²) in [6, 6.07) is 3.94. The Morgan fingerprint density at radius 2 is 2.05 bits per heavy atom. The van der Waals surface area contributed by atoms with Crippen molar-refractivity contribution in [2.45, 2.75) is 25.8 Å². The molecule has 0 aliphatic carbocycles. The Balaban J connectivity index is 1.74. The van der Waals surface area contributed by atoms with Crippen molar-refractivity contribution in [1.29, 1.82) is 0 Å². The van der Waals surface area contributed by atoms with Crippen LogP contribution in [-0.2, 0) is 4.79 Å². The zero-order valence-corrected chi connectivity index (χ0v) is 12.4. The van der Waals surface area contributed by atoms with Gasteiger partial charge in [-0.1, -0.05) is 0 Å². The summed E-state index contributed by atoms with van der Waals surface area (Å²) in [5.74, 6) is 1.69. The summed E-state index contributed by atoms with van der Waals surface area (Å²) in [6.45, 7) is 3.19. The lowest BCUT2D eigenvalue weighted by Gasteiger charge is -2.33. The summed E-state index contributed by atoms with van der Waals surface area (Å²) in [4.78, 5) is 21.8. The highest BCUT2D eigenvalue weighted by atomic mass is 16.1. The average Bonchev–Trinajstić information content (AvgIpc) is 3.01.